The van der Waals surface area contributed by atoms with Crippen LogP contribution in [0, 0.1) is 0 Å². The molecule has 2 aromatic carbocycles. The van der Waals surface area contributed by atoms with E-state index in [9.17, 15) is 14.4 Å². The van der Waals surface area contributed by atoms with Gasteiger partial charge in [0.2, 0.25) is 5.91 Å². The maximum atomic E-state index is 12.7. The fourth-order valence-corrected chi connectivity index (χ4v) is 5.05. The van der Waals surface area contributed by atoms with Crippen LogP contribution in [-0.2, 0) is 14.4 Å². The second-order valence-corrected chi connectivity index (χ2v) is 9.68. The first-order valence-corrected chi connectivity index (χ1v) is 12.7. The number of hydrazone groups is 1. The normalized spacial score (nSPS) is 19.8. The van der Waals surface area contributed by atoms with Crippen LogP contribution in [0.4, 0.5) is 0 Å². The number of nitrogens with one attached hydrogen (secondary N) is 1. The van der Waals surface area contributed by atoms with Crippen molar-refractivity contribution >= 4 is 40.4 Å². The summed E-state index contributed by atoms with van der Waals surface area (Å²) in [6, 6.07) is 14.1. The predicted molar refractivity (Wildman–Crippen MR) is 140 cm³/mol. The number of hydrogen-bond acceptors (Lipinski definition) is 8. The van der Waals surface area contributed by atoms with Crippen LogP contribution in [0.1, 0.15) is 43.9 Å². The molecule has 4 rings (SSSR count). The zero-order chi connectivity index (χ0) is 26.5. The molecule has 37 heavy (non-hydrogen) atoms. The van der Waals surface area contributed by atoms with Crippen molar-refractivity contribution in [3.05, 3.63) is 59.7 Å². The number of carbonyl (C=O) groups excluding carboxylic acids is 2. The number of carbonyl (C=O) groups is 3. The van der Waals surface area contributed by atoms with E-state index in [2.05, 4.69) is 10.3 Å². The lowest BCUT2D eigenvalue weighted by molar-refractivity contribution is -0.141. The Hall–Kier alpha value is -3.86. The topological polar surface area (TPSA) is 130 Å². The van der Waals surface area contributed by atoms with E-state index in [0.29, 0.717) is 18.2 Å². The van der Waals surface area contributed by atoms with Crippen molar-refractivity contribution in [1.29, 1.82) is 0 Å². The van der Waals surface area contributed by atoms with Crippen molar-refractivity contribution in [2.75, 3.05) is 13.7 Å². The second-order valence-electron chi connectivity index (χ2n) is 8.51. The van der Waals surface area contributed by atoms with Gasteiger partial charge in [-0.2, -0.15) is 10.1 Å². The maximum absolute atomic E-state index is 12.7. The molecule has 0 radical (unpaired) electrons. The smallest absolute Gasteiger partial charge is 0.325 e. The van der Waals surface area contributed by atoms with Crippen LogP contribution >= 0.6 is 11.8 Å². The van der Waals surface area contributed by atoms with Crippen LogP contribution in [0.25, 0.3) is 0 Å². The Morgan fingerprint density at radius 3 is 2.46 bits per heavy atom. The van der Waals surface area contributed by atoms with Crippen LogP contribution in [0.3, 0.4) is 0 Å². The molecule has 0 saturated carbocycles. The number of thioether (sulfide) groups is 1. The van der Waals surface area contributed by atoms with Gasteiger partial charge in [0.25, 0.3) is 5.91 Å². The summed E-state index contributed by atoms with van der Waals surface area (Å²) in [4.78, 5) is 40.2. The Kier molecular flexibility index (Phi) is 8.12. The van der Waals surface area contributed by atoms with Crippen molar-refractivity contribution < 1.29 is 29.0 Å². The lowest BCUT2D eigenvalue weighted by Crippen LogP contribution is -2.39. The summed E-state index contributed by atoms with van der Waals surface area (Å²) in [5.74, 6) is -0.620. The summed E-state index contributed by atoms with van der Waals surface area (Å²) in [6.45, 7) is 3.87. The van der Waals surface area contributed by atoms with Crippen LogP contribution in [-0.4, -0.2) is 63.8 Å². The van der Waals surface area contributed by atoms with Gasteiger partial charge < -0.3 is 19.9 Å². The Morgan fingerprint density at radius 1 is 1.16 bits per heavy atom. The lowest BCUT2D eigenvalue weighted by Gasteiger charge is -2.23. The lowest BCUT2D eigenvalue weighted by atomic mass is 9.98. The first-order chi connectivity index (χ1) is 17.8. The molecule has 2 amide bonds. The predicted octanol–water partition coefficient (Wildman–Crippen LogP) is 3.22. The van der Waals surface area contributed by atoms with Gasteiger partial charge in [-0.1, -0.05) is 23.9 Å². The molecule has 11 heteroatoms. The largest absolute Gasteiger partial charge is 0.497 e. The van der Waals surface area contributed by atoms with E-state index >= 15 is 0 Å². The number of methoxy groups -OCH3 is 1. The quantitative estimate of drug-likeness (QED) is 0.512. The van der Waals surface area contributed by atoms with E-state index in [1.165, 1.54) is 6.92 Å². The van der Waals surface area contributed by atoms with Gasteiger partial charge in [-0.3, -0.25) is 14.4 Å². The molecule has 2 heterocycles. The van der Waals surface area contributed by atoms with Gasteiger partial charge in [-0.05, 0) is 61.4 Å². The molecular formula is C26H28N4O6S. The highest BCUT2D eigenvalue weighted by molar-refractivity contribution is 8.15. The average Bonchev–Trinajstić information content (AvgIpc) is 3.48. The van der Waals surface area contributed by atoms with E-state index < -0.39 is 29.1 Å². The third-order valence-electron chi connectivity index (χ3n) is 5.95. The number of rotatable bonds is 9. The van der Waals surface area contributed by atoms with E-state index in [-0.39, 0.29) is 12.5 Å². The highest BCUT2D eigenvalue weighted by atomic mass is 32.2. The minimum atomic E-state index is -1.15. The van der Waals surface area contributed by atoms with Crippen LogP contribution < -0.4 is 14.8 Å². The summed E-state index contributed by atoms with van der Waals surface area (Å²) < 4.78 is 10.8. The fraction of sp³-hybridized carbons (Fsp3) is 0.346. The number of aliphatic imine (C=N–C) groups is 1. The Labute approximate surface area is 218 Å². The molecule has 0 aromatic heterocycles. The minimum Gasteiger partial charge on any atom is -0.497 e. The van der Waals surface area contributed by atoms with E-state index in [1.54, 1.807) is 12.1 Å². The van der Waals surface area contributed by atoms with E-state index in [4.69, 9.17) is 19.7 Å². The SMILES string of the molecule is CCOc1ccc(C2=NN(C3=NC(=O)[C@H](CC(=O)N[C@H](C)C(=O)O)S3)[C@@H](c3ccc(OC)cc3)C2)cc1. The standard InChI is InChI=1S/C26H28N4O6S/c1-4-36-19-11-5-16(6-12-19)20-13-21(17-7-9-18(35-3)10-8-17)30(29-20)26-28-24(32)22(37-26)14-23(31)27-15(2)25(33)34/h5-12,15,21-22H,4,13-14H2,1-3H3,(H,27,31)(H,33,34)/t15-,21-,22+/m1/s1. The number of aliphatic carboxylic acids is 1. The molecule has 0 unspecified atom stereocenters. The molecule has 3 atom stereocenters. The monoisotopic (exact) mass is 524 g/mol. The van der Waals surface area contributed by atoms with Gasteiger partial charge in [-0.25, -0.2) is 5.01 Å². The van der Waals surface area contributed by atoms with Gasteiger partial charge in [0.15, 0.2) is 5.17 Å². The summed E-state index contributed by atoms with van der Waals surface area (Å²) in [5, 5.41) is 17.6. The number of hydrogen-bond donors (Lipinski definition) is 2. The molecule has 0 aliphatic carbocycles. The number of amidine groups is 1. The highest BCUT2D eigenvalue weighted by Crippen LogP contribution is 2.39. The fourth-order valence-electron chi connectivity index (χ4n) is 3.99. The number of nitrogens with zero attached hydrogens (tertiary/aromatic N) is 3. The van der Waals surface area contributed by atoms with Crippen molar-refractivity contribution in [1.82, 2.24) is 10.3 Å². The summed E-state index contributed by atoms with van der Waals surface area (Å²) >= 11 is 1.16. The molecule has 0 bridgehead atoms. The van der Waals surface area contributed by atoms with Gasteiger partial charge in [0, 0.05) is 12.8 Å². The van der Waals surface area contributed by atoms with Gasteiger partial charge in [0.05, 0.1) is 25.5 Å². The third kappa shape index (κ3) is 6.11. The molecule has 2 aliphatic rings. The summed E-state index contributed by atoms with van der Waals surface area (Å²) in [7, 11) is 1.60. The number of ether oxygens (including phenoxy) is 2. The average molecular weight is 525 g/mol. The molecule has 2 N–H and O–H groups in total. The Bertz CT molecular complexity index is 1230. The summed E-state index contributed by atoms with van der Waals surface area (Å²) in [6.07, 6.45) is 0.403. The Morgan fingerprint density at radius 2 is 1.84 bits per heavy atom. The minimum absolute atomic E-state index is 0.176. The van der Waals surface area contributed by atoms with Crippen LogP contribution in [0.5, 0.6) is 11.5 Å². The molecule has 2 aromatic rings. The number of carboxylic acid groups (broad SMARTS) is 1. The number of amides is 2. The van der Waals surface area contributed by atoms with E-state index in [0.717, 1.165) is 40.1 Å². The van der Waals surface area contributed by atoms with Gasteiger partial charge in [-0.15, -0.1) is 0 Å². The van der Waals surface area contributed by atoms with Crippen LogP contribution in [0.15, 0.2) is 58.6 Å². The number of benzene rings is 2. The molecule has 10 nitrogen and oxygen atoms in total. The van der Waals surface area contributed by atoms with Crippen molar-refractivity contribution in [2.45, 2.75) is 44.0 Å². The molecular weight excluding hydrogens is 496 g/mol. The second kappa shape index (κ2) is 11.5. The van der Waals surface area contributed by atoms with Gasteiger partial charge >= 0.3 is 5.97 Å². The van der Waals surface area contributed by atoms with Crippen molar-refractivity contribution in [3.63, 3.8) is 0 Å². The van der Waals surface area contributed by atoms with Crippen molar-refractivity contribution in [2.24, 2.45) is 10.1 Å². The zero-order valence-electron chi connectivity index (χ0n) is 20.7. The zero-order valence-corrected chi connectivity index (χ0v) is 21.5. The van der Waals surface area contributed by atoms with Crippen LogP contribution in [0.2, 0.25) is 0 Å². The van der Waals surface area contributed by atoms with Crippen molar-refractivity contribution in [3.8, 4) is 11.5 Å². The Balaban J connectivity index is 1.56. The first kappa shape index (κ1) is 26.2. The molecule has 0 saturated heterocycles. The molecule has 0 spiro atoms. The molecule has 0 fully saturated rings. The third-order valence-corrected chi connectivity index (χ3v) is 7.10. The maximum Gasteiger partial charge on any atom is 0.325 e. The molecule has 194 valence electrons. The summed E-state index contributed by atoms with van der Waals surface area (Å²) in [5.41, 5.74) is 2.73. The van der Waals surface area contributed by atoms with E-state index in [1.807, 2.05) is 55.5 Å². The van der Waals surface area contributed by atoms with Gasteiger partial charge in [0.1, 0.15) is 22.8 Å². The molecule has 2 aliphatic heterocycles. The number of carboxylic acids is 1. The first-order valence-electron chi connectivity index (χ1n) is 11.8. The highest BCUT2D eigenvalue weighted by Gasteiger charge is 2.39.